The fourth-order valence-corrected chi connectivity index (χ4v) is 4.83. The van der Waals surface area contributed by atoms with Crippen molar-refractivity contribution in [2.45, 2.75) is 18.7 Å². The number of carbonyl (C=O) groups excluding carboxylic acids is 1. The predicted octanol–water partition coefficient (Wildman–Crippen LogP) is 2.81. The van der Waals surface area contributed by atoms with Gasteiger partial charge in [0.25, 0.3) is 0 Å². The summed E-state index contributed by atoms with van der Waals surface area (Å²) in [5.41, 5.74) is 1.46. The van der Waals surface area contributed by atoms with Crippen molar-refractivity contribution in [2.75, 3.05) is 31.5 Å². The Kier molecular flexibility index (Phi) is 6.72. The number of piperazine rings is 1. The monoisotopic (exact) mass is 421 g/mol. The Labute approximate surface area is 171 Å². The number of amides is 1. The smallest absolute Gasteiger partial charge is 0.241 e. The molecule has 3 rings (SSSR count). The van der Waals surface area contributed by atoms with E-state index < -0.39 is 10.0 Å². The Balaban J connectivity index is 1.53. The van der Waals surface area contributed by atoms with E-state index in [1.54, 1.807) is 24.3 Å². The molecule has 8 heteroatoms. The molecule has 1 fully saturated rings. The topological polar surface area (TPSA) is 69.7 Å². The van der Waals surface area contributed by atoms with Crippen molar-refractivity contribution < 1.29 is 13.2 Å². The predicted molar refractivity (Wildman–Crippen MR) is 112 cm³/mol. The lowest BCUT2D eigenvalue weighted by molar-refractivity contribution is -0.121. The highest BCUT2D eigenvalue weighted by molar-refractivity contribution is 7.88. The molecule has 0 radical (unpaired) electrons. The van der Waals surface area contributed by atoms with Crippen molar-refractivity contribution in [3.05, 3.63) is 65.2 Å². The minimum Gasteiger partial charge on any atom is -0.325 e. The zero-order valence-electron chi connectivity index (χ0n) is 15.7. The summed E-state index contributed by atoms with van der Waals surface area (Å²) in [7, 11) is -3.36. The second-order valence-electron chi connectivity index (χ2n) is 6.85. The van der Waals surface area contributed by atoms with E-state index in [9.17, 15) is 13.2 Å². The normalized spacial score (nSPS) is 17.2. The maximum Gasteiger partial charge on any atom is 0.241 e. The molecule has 6 nitrogen and oxygen atoms in total. The maximum atomic E-state index is 12.7. The molecule has 1 N–H and O–H groups in total. The number of sulfonamides is 1. The minimum absolute atomic E-state index is 0.000443. The van der Waals surface area contributed by atoms with Crippen molar-refractivity contribution in [1.82, 2.24) is 9.21 Å². The number of nitrogens with one attached hydrogen (secondary N) is 1. The van der Waals surface area contributed by atoms with E-state index in [1.807, 2.05) is 42.2 Å². The molecule has 0 spiro atoms. The number of halogens is 1. The van der Waals surface area contributed by atoms with Gasteiger partial charge < -0.3 is 5.32 Å². The third-order valence-corrected chi connectivity index (χ3v) is 7.00. The van der Waals surface area contributed by atoms with Gasteiger partial charge in [-0.05, 0) is 36.8 Å². The first-order valence-corrected chi connectivity index (χ1v) is 11.2. The second kappa shape index (κ2) is 9.05. The third kappa shape index (κ3) is 5.32. The van der Waals surface area contributed by atoms with E-state index in [4.69, 9.17) is 11.6 Å². The first-order chi connectivity index (χ1) is 13.3. The Morgan fingerprint density at radius 2 is 1.64 bits per heavy atom. The van der Waals surface area contributed by atoms with Crippen molar-refractivity contribution in [3.63, 3.8) is 0 Å². The number of carbonyl (C=O) groups is 1. The molecule has 0 aromatic heterocycles. The lowest BCUT2D eigenvalue weighted by Gasteiger charge is -2.36. The van der Waals surface area contributed by atoms with E-state index in [0.29, 0.717) is 36.9 Å². The van der Waals surface area contributed by atoms with Crippen molar-refractivity contribution >= 4 is 33.2 Å². The Morgan fingerprint density at radius 3 is 2.25 bits per heavy atom. The van der Waals surface area contributed by atoms with Crippen LogP contribution in [0.3, 0.4) is 0 Å². The zero-order valence-corrected chi connectivity index (χ0v) is 17.3. The molecular formula is C20H24ClN3O3S. The average Bonchev–Trinajstić information content (AvgIpc) is 2.69. The lowest BCUT2D eigenvalue weighted by Crippen LogP contribution is -2.54. The molecule has 1 saturated heterocycles. The molecule has 0 bridgehead atoms. The third-order valence-electron chi connectivity index (χ3n) is 4.90. The van der Waals surface area contributed by atoms with Crippen LogP contribution in [0.5, 0.6) is 0 Å². The standard InChI is InChI=1S/C20H24ClN3O3S/c1-16(20(25)22-19-9-7-18(21)8-10-19)23-11-13-24(14-12-23)28(26,27)15-17-5-3-2-4-6-17/h2-10,16H,11-15H2,1H3,(H,22,25). The van der Waals surface area contributed by atoms with E-state index in [-0.39, 0.29) is 17.7 Å². The molecule has 2 aromatic carbocycles. The van der Waals surface area contributed by atoms with Gasteiger partial charge in [-0.1, -0.05) is 41.9 Å². The molecule has 0 saturated carbocycles. The Bertz CT molecular complexity index is 896. The number of benzene rings is 2. The number of hydrogen-bond donors (Lipinski definition) is 1. The van der Waals surface area contributed by atoms with Crippen LogP contribution >= 0.6 is 11.6 Å². The lowest BCUT2D eigenvalue weighted by atomic mass is 10.2. The number of hydrogen-bond acceptors (Lipinski definition) is 4. The summed E-state index contributed by atoms with van der Waals surface area (Å²) in [6.07, 6.45) is 0. The fourth-order valence-electron chi connectivity index (χ4n) is 3.19. The zero-order chi connectivity index (χ0) is 20.1. The van der Waals surface area contributed by atoms with Crippen LogP contribution < -0.4 is 5.32 Å². The van der Waals surface area contributed by atoms with Gasteiger partial charge in [0.2, 0.25) is 15.9 Å². The maximum absolute atomic E-state index is 12.7. The molecule has 150 valence electrons. The fraction of sp³-hybridized carbons (Fsp3) is 0.350. The second-order valence-corrected chi connectivity index (χ2v) is 9.25. The Morgan fingerprint density at radius 1 is 1.04 bits per heavy atom. The summed E-state index contributed by atoms with van der Waals surface area (Å²) in [4.78, 5) is 14.5. The molecule has 1 heterocycles. The van der Waals surface area contributed by atoms with Gasteiger partial charge in [0.1, 0.15) is 0 Å². The van der Waals surface area contributed by atoms with Gasteiger partial charge in [0.15, 0.2) is 0 Å². The molecule has 0 aliphatic carbocycles. The van der Waals surface area contributed by atoms with Gasteiger partial charge in [0, 0.05) is 36.9 Å². The summed E-state index contributed by atoms with van der Waals surface area (Å²) in [6, 6.07) is 15.8. The van der Waals surface area contributed by atoms with Crippen LogP contribution in [0.2, 0.25) is 5.02 Å². The van der Waals surface area contributed by atoms with Gasteiger partial charge in [0.05, 0.1) is 11.8 Å². The molecule has 1 amide bonds. The molecule has 2 aromatic rings. The van der Waals surface area contributed by atoms with Crippen molar-refractivity contribution in [2.24, 2.45) is 0 Å². The van der Waals surface area contributed by atoms with Crippen LogP contribution in [0, 0.1) is 0 Å². The quantitative estimate of drug-likeness (QED) is 0.778. The largest absolute Gasteiger partial charge is 0.325 e. The van der Waals surface area contributed by atoms with Crippen LogP contribution in [-0.2, 0) is 20.6 Å². The summed E-state index contributed by atoms with van der Waals surface area (Å²) in [6.45, 7) is 3.63. The van der Waals surface area contributed by atoms with Crippen molar-refractivity contribution in [1.29, 1.82) is 0 Å². The Hall–Kier alpha value is -1.93. The molecule has 1 aliphatic heterocycles. The molecule has 1 atom stereocenters. The summed E-state index contributed by atoms with van der Waals surface area (Å²) in [5, 5.41) is 3.48. The number of anilines is 1. The highest BCUT2D eigenvalue weighted by Crippen LogP contribution is 2.17. The average molecular weight is 422 g/mol. The van der Waals surface area contributed by atoms with E-state index in [0.717, 1.165) is 5.56 Å². The minimum atomic E-state index is -3.36. The van der Waals surface area contributed by atoms with Crippen LogP contribution in [-0.4, -0.2) is 55.8 Å². The molecular weight excluding hydrogens is 398 g/mol. The van der Waals surface area contributed by atoms with E-state index in [2.05, 4.69) is 5.32 Å². The SMILES string of the molecule is CC(C(=O)Nc1ccc(Cl)cc1)N1CCN(S(=O)(=O)Cc2ccccc2)CC1. The summed E-state index contributed by atoms with van der Waals surface area (Å²) in [5.74, 6) is -0.122. The first kappa shape index (κ1) is 20.8. The number of nitrogens with zero attached hydrogens (tertiary/aromatic N) is 2. The van der Waals surface area contributed by atoms with Gasteiger partial charge in [-0.15, -0.1) is 0 Å². The van der Waals surface area contributed by atoms with Gasteiger partial charge >= 0.3 is 0 Å². The highest BCUT2D eigenvalue weighted by Gasteiger charge is 2.30. The van der Waals surface area contributed by atoms with Crippen LogP contribution in [0.1, 0.15) is 12.5 Å². The first-order valence-electron chi connectivity index (χ1n) is 9.17. The van der Waals surface area contributed by atoms with Gasteiger partial charge in [-0.2, -0.15) is 4.31 Å². The van der Waals surface area contributed by atoms with Gasteiger partial charge in [-0.3, -0.25) is 9.69 Å². The van der Waals surface area contributed by atoms with E-state index in [1.165, 1.54) is 4.31 Å². The highest BCUT2D eigenvalue weighted by atomic mass is 35.5. The van der Waals surface area contributed by atoms with Crippen LogP contribution in [0.4, 0.5) is 5.69 Å². The summed E-state index contributed by atoms with van der Waals surface area (Å²) < 4.78 is 26.8. The molecule has 1 aliphatic rings. The van der Waals surface area contributed by atoms with E-state index >= 15 is 0 Å². The van der Waals surface area contributed by atoms with Gasteiger partial charge in [-0.25, -0.2) is 8.42 Å². The van der Waals surface area contributed by atoms with Crippen LogP contribution in [0.25, 0.3) is 0 Å². The van der Waals surface area contributed by atoms with Crippen molar-refractivity contribution in [3.8, 4) is 0 Å². The number of rotatable bonds is 6. The summed E-state index contributed by atoms with van der Waals surface area (Å²) >= 11 is 5.86. The molecule has 28 heavy (non-hydrogen) atoms. The van der Waals surface area contributed by atoms with Crippen LogP contribution in [0.15, 0.2) is 54.6 Å². The molecule has 1 unspecified atom stereocenters.